The summed E-state index contributed by atoms with van der Waals surface area (Å²) in [7, 11) is 0. The van der Waals surface area contributed by atoms with Crippen LogP contribution in [0.15, 0.2) is 24.3 Å². The van der Waals surface area contributed by atoms with E-state index >= 15 is 0 Å². The number of benzene rings is 1. The first-order chi connectivity index (χ1) is 11.6. The van der Waals surface area contributed by atoms with Gasteiger partial charge in [-0.15, -0.1) is 0 Å². The van der Waals surface area contributed by atoms with Gasteiger partial charge in [-0.05, 0) is 36.8 Å². The molecule has 4 rings (SSSR count). The molecule has 0 radical (unpaired) electrons. The third-order valence-corrected chi connectivity index (χ3v) is 5.82. The van der Waals surface area contributed by atoms with Crippen LogP contribution in [0, 0.1) is 11.8 Å². The lowest BCUT2D eigenvalue weighted by atomic mass is 9.75. The number of hydrogen-bond acceptors (Lipinski definition) is 3. The van der Waals surface area contributed by atoms with Crippen LogP contribution < -0.4 is 0 Å². The molecule has 0 aromatic heterocycles. The van der Waals surface area contributed by atoms with Crippen molar-refractivity contribution >= 4 is 17.7 Å². The van der Waals surface area contributed by atoms with E-state index in [-0.39, 0.29) is 24.3 Å². The number of fused-ring (bicyclic) bond motifs is 2. The molecule has 24 heavy (non-hydrogen) atoms. The van der Waals surface area contributed by atoms with E-state index in [1.807, 2.05) is 4.90 Å². The molecule has 0 bridgehead atoms. The molecular formula is C19H22N2O3. The maximum absolute atomic E-state index is 12.7. The van der Waals surface area contributed by atoms with E-state index in [4.69, 9.17) is 0 Å². The predicted octanol–water partition coefficient (Wildman–Crippen LogP) is 2.32. The standard InChI is InChI=1S/C19H22N2O3/c22-17(20-10-9-13-5-1-2-6-14(13)11-20)12-21-18(23)15-7-3-4-8-16(15)19(21)24/h3-4,7-8,13-14H,1-2,5-6,9-12H2/t13-,14+/m0/s1. The highest BCUT2D eigenvalue weighted by molar-refractivity contribution is 6.22. The molecule has 2 heterocycles. The van der Waals surface area contributed by atoms with Crippen LogP contribution in [-0.2, 0) is 4.79 Å². The monoisotopic (exact) mass is 326 g/mol. The van der Waals surface area contributed by atoms with Gasteiger partial charge in [-0.25, -0.2) is 0 Å². The number of carbonyl (C=O) groups excluding carboxylic acids is 3. The molecule has 126 valence electrons. The molecule has 1 aromatic rings. The number of imide groups is 1. The number of likely N-dealkylation sites (tertiary alicyclic amines) is 1. The summed E-state index contributed by atoms with van der Waals surface area (Å²) < 4.78 is 0. The van der Waals surface area contributed by atoms with Crippen molar-refractivity contribution in [1.82, 2.24) is 9.80 Å². The maximum atomic E-state index is 12.7. The average Bonchev–Trinajstić information content (AvgIpc) is 2.86. The number of carbonyl (C=O) groups is 3. The zero-order valence-electron chi connectivity index (χ0n) is 13.7. The van der Waals surface area contributed by atoms with Crippen LogP contribution in [0.25, 0.3) is 0 Å². The lowest BCUT2D eigenvalue weighted by Gasteiger charge is -2.41. The number of hydrogen-bond donors (Lipinski definition) is 0. The fourth-order valence-corrected chi connectivity index (χ4v) is 4.45. The Kier molecular flexibility index (Phi) is 3.87. The van der Waals surface area contributed by atoms with Crippen molar-refractivity contribution in [3.05, 3.63) is 35.4 Å². The SMILES string of the molecule is O=C(CN1C(=O)c2ccccc2C1=O)N1CC[C@@H]2CCCC[C@@H]2C1. The molecule has 2 atom stereocenters. The second kappa shape index (κ2) is 6.04. The topological polar surface area (TPSA) is 57.7 Å². The second-order valence-electron chi connectivity index (χ2n) is 7.18. The minimum atomic E-state index is -0.350. The molecule has 0 spiro atoms. The zero-order chi connectivity index (χ0) is 16.7. The van der Waals surface area contributed by atoms with Gasteiger partial charge >= 0.3 is 0 Å². The summed E-state index contributed by atoms with van der Waals surface area (Å²) in [5.74, 6) is 0.544. The van der Waals surface area contributed by atoms with Gasteiger partial charge < -0.3 is 4.90 Å². The summed E-state index contributed by atoms with van der Waals surface area (Å²) >= 11 is 0. The van der Waals surface area contributed by atoms with Crippen molar-refractivity contribution in [1.29, 1.82) is 0 Å². The lowest BCUT2D eigenvalue weighted by molar-refractivity contribution is -0.134. The quantitative estimate of drug-likeness (QED) is 0.784. The van der Waals surface area contributed by atoms with Gasteiger partial charge in [0.1, 0.15) is 6.54 Å². The van der Waals surface area contributed by atoms with Gasteiger partial charge in [0.05, 0.1) is 11.1 Å². The first kappa shape index (κ1) is 15.4. The van der Waals surface area contributed by atoms with Crippen molar-refractivity contribution in [3.63, 3.8) is 0 Å². The molecule has 0 N–H and O–H groups in total. The van der Waals surface area contributed by atoms with Crippen molar-refractivity contribution in [2.45, 2.75) is 32.1 Å². The van der Waals surface area contributed by atoms with Gasteiger partial charge in [-0.1, -0.05) is 31.4 Å². The molecule has 1 saturated carbocycles. The minimum Gasteiger partial charge on any atom is -0.341 e. The number of rotatable bonds is 2. The Morgan fingerprint density at radius 1 is 0.958 bits per heavy atom. The van der Waals surface area contributed by atoms with Crippen molar-refractivity contribution < 1.29 is 14.4 Å². The molecule has 1 aliphatic carbocycles. The van der Waals surface area contributed by atoms with Crippen molar-refractivity contribution in [2.75, 3.05) is 19.6 Å². The Morgan fingerprint density at radius 3 is 2.25 bits per heavy atom. The molecule has 3 aliphatic rings. The van der Waals surface area contributed by atoms with E-state index in [2.05, 4.69) is 0 Å². The van der Waals surface area contributed by atoms with E-state index in [0.717, 1.165) is 30.3 Å². The third-order valence-electron chi connectivity index (χ3n) is 5.82. The van der Waals surface area contributed by atoms with E-state index < -0.39 is 0 Å². The molecule has 5 nitrogen and oxygen atoms in total. The second-order valence-corrected chi connectivity index (χ2v) is 7.18. The van der Waals surface area contributed by atoms with Gasteiger partial charge in [0.25, 0.3) is 11.8 Å². The van der Waals surface area contributed by atoms with Crippen LogP contribution >= 0.6 is 0 Å². The first-order valence-corrected chi connectivity index (χ1v) is 8.88. The highest BCUT2D eigenvalue weighted by Crippen LogP contribution is 2.36. The Labute approximate surface area is 141 Å². The fraction of sp³-hybridized carbons (Fsp3) is 0.526. The smallest absolute Gasteiger partial charge is 0.262 e. The molecule has 5 heteroatoms. The van der Waals surface area contributed by atoms with Gasteiger partial charge in [0.15, 0.2) is 0 Å². The van der Waals surface area contributed by atoms with Crippen LogP contribution in [0.5, 0.6) is 0 Å². The Morgan fingerprint density at radius 2 is 1.58 bits per heavy atom. The summed E-state index contributed by atoms with van der Waals surface area (Å²) in [5, 5.41) is 0. The van der Waals surface area contributed by atoms with Crippen LogP contribution in [0.2, 0.25) is 0 Å². The summed E-state index contributed by atoms with van der Waals surface area (Å²) in [4.78, 5) is 40.4. The number of piperidine rings is 1. The summed E-state index contributed by atoms with van der Waals surface area (Å²) in [6.07, 6.45) is 6.09. The average molecular weight is 326 g/mol. The molecule has 2 fully saturated rings. The molecule has 0 unspecified atom stereocenters. The third kappa shape index (κ3) is 2.52. The lowest BCUT2D eigenvalue weighted by Crippen LogP contribution is -2.49. The van der Waals surface area contributed by atoms with Gasteiger partial charge in [0.2, 0.25) is 5.91 Å². The van der Waals surface area contributed by atoms with Gasteiger partial charge in [-0.2, -0.15) is 0 Å². The Balaban J connectivity index is 1.44. The largest absolute Gasteiger partial charge is 0.341 e. The summed E-state index contributed by atoms with van der Waals surface area (Å²) in [5.41, 5.74) is 0.808. The fourth-order valence-electron chi connectivity index (χ4n) is 4.45. The summed E-state index contributed by atoms with van der Waals surface area (Å²) in [6.45, 7) is 1.40. The van der Waals surface area contributed by atoms with Crippen LogP contribution in [0.3, 0.4) is 0 Å². The Hall–Kier alpha value is -2.17. The first-order valence-electron chi connectivity index (χ1n) is 8.88. The molecule has 2 aliphatic heterocycles. The molecule has 1 saturated heterocycles. The van der Waals surface area contributed by atoms with Crippen molar-refractivity contribution in [3.8, 4) is 0 Å². The summed E-state index contributed by atoms with van der Waals surface area (Å²) in [6, 6.07) is 6.77. The van der Waals surface area contributed by atoms with Crippen LogP contribution in [0.1, 0.15) is 52.8 Å². The normalized spacial score (nSPS) is 26.3. The molecule has 3 amide bonds. The van der Waals surface area contributed by atoms with E-state index in [9.17, 15) is 14.4 Å². The van der Waals surface area contributed by atoms with Crippen LogP contribution in [0.4, 0.5) is 0 Å². The number of amides is 3. The van der Waals surface area contributed by atoms with Crippen molar-refractivity contribution in [2.24, 2.45) is 11.8 Å². The van der Waals surface area contributed by atoms with Gasteiger partial charge in [-0.3, -0.25) is 19.3 Å². The minimum absolute atomic E-state index is 0.103. The Bertz CT molecular complexity index is 665. The molecular weight excluding hydrogens is 304 g/mol. The van der Waals surface area contributed by atoms with E-state index in [1.165, 1.54) is 25.7 Å². The molecule has 1 aromatic carbocycles. The zero-order valence-corrected chi connectivity index (χ0v) is 13.7. The number of nitrogens with zero attached hydrogens (tertiary/aromatic N) is 2. The predicted molar refractivity (Wildman–Crippen MR) is 88.5 cm³/mol. The van der Waals surface area contributed by atoms with E-state index in [1.54, 1.807) is 24.3 Å². The highest BCUT2D eigenvalue weighted by Gasteiger charge is 2.38. The highest BCUT2D eigenvalue weighted by atomic mass is 16.2. The van der Waals surface area contributed by atoms with Gasteiger partial charge in [0, 0.05) is 13.1 Å². The maximum Gasteiger partial charge on any atom is 0.262 e. The van der Waals surface area contributed by atoms with E-state index in [0.29, 0.717) is 17.0 Å². The van der Waals surface area contributed by atoms with Crippen LogP contribution in [-0.4, -0.2) is 47.2 Å².